The standard InChI is InChI=1S/C12H17Cl/c1-3-5-8-11-10(4-2)7-6-9-12(11)13/h6-7,9H,3-5,8H2,1-2H3. The second-order valence-electron chi connectivity index (χ2n) is 3.33. The highest BCUT2D eigenvalue weighted by atomic mass is 35.5. The van der Waals surface area contributed by atoms with Crippen LogP contribution in [0.5, 0.6) is 0 Å². The molecule has 1 aromatic carbocycles. The van der Waals surface area contributed by atoms with Gasteiger partial charge in [0.15, 0.2) is 0 Å². The molecule has 0 unspecified atom stereocenters. The molecule has 72 valence electrons. The van der Waals surface area contributed by atoms with Crippen LogP contribution in [0.2, 0.25) is 5.02 Å². The molecule has 0 nitrogen and oxygen atoms in total. The first kappa shape index (κ1) is 10.6. The number of aryl methyl sites for hydroxylation is 1. The molecule has 1 heteroatoms. The minimum Gasteiger partial charge on any atom is -0.0840 e. The highest BCUT2D eigenvalue weighted by molar-refractivity contribution is 6.31. The summed E-state index contributed by atoms with van der Waals surface area (Å²) in [6.07, 6.45) is 4.67. The summed E-state index contributed by atoms with van der Waals surface area (Å²) in [5.74, 6) is 0. The molecule has 0 heterocycles. The van der Waals surface area contributed by atoms with E-state index in [9.17, 15) is 0 Å². The molecular weight excluding hydrogens is 180 g/mol. The minimum atomic E-state index is 0.938. The Hall–Kier alpha value is -0.490. The molecule has 0 aliphatic heterocycles. The average Bonchev–Trinajstić information content (AvgIpc) is 2.15. The molecule has 0 bridgehead atoms. The third kappa shape index (κ3) is 2.73. The second-order valence-corrected chi connectivity index (χ2v) is 3.74. The van der Waals surface area contributed by atoms with Crippen LogP contribution in [0, 0.1) is 0 Å². The average molecular weight is 197 g/mol. The van der Waals surface area contributed by atoms with Gasteiger partial charge in [0.25, 0.3) is 0 Å². The van der Waals surface area contributed by atoms with E-state index in [1.54, 1.807) is 0 Å². The van der Waals surface area contributed by atoms with Gasteiger partial charge in [0, 0.05) is 5.02 Å². The van der Waals surface area contributed by atoms with Crippen LogP contribution < -0.4 is 0 Å². The van der Waals surface area contributed by atoms with Crippen molar-refractivity contribution in [1.82, 2.24) is 0 Å². The zero-order chi connectivity index (χ0) is 9.68. The van der Waals surface area contributed by atoms with Crippen molar-refractivity contribution in [3.8, 4) is 0 Å². The molecule has 0 spiro atoms. The fourth-order valence-electron chi connectivity index (χ4n) is 1.57. The number of benzene rings is 1. The van der Waals surface area contributed by atoms with Crippen LogP contribution in [-0.2, 0) is 12.8 Å². The summed E-state index contributed by atoms with van der Waals surface area (Å²) in [4.78, 5) is 0. The van der Waals surface area contributed by atoms with E-state index in [0.29, 0.717) is 0 Å². The first-order valence-electron chi connectivity index (χ1n) is 5.05. The van der Waals surface area contributed by atoms with Crippen molar-refractivity contribution in [3.05, 3.63) is 34.3 Å². The van der Waals surface area contributed by atoms with Crippen LogP contribution >= 0.6 is 11.6 Å². The van der Waals surface area contributed by atoms with Gasteiger partial charge in [-0.3, -0.25) is 0 Å². The molecule has 0 radical (unpaired) electrons. The summed E-state index contributed by atoms with van der Waals surface area (Å²) in [6.45, 7) is 4.39. The van der Waals surface area contributed by atoms with Crippen LogP contribution in [0.15, 0.2) is 18.2 Å². The SMILES string of the molecule is CCCCc1c(Cl)cccc1CC. The van der Waals surface area contributed by atoms with E-state index in [-0.39, 0.29) is 0 Å². The molecule has 0 fully saturated rings. The van der Waals surface area contributed by atoms with Crippen LogP contribution in [0.4, 0.5) is 0 Å². The van der Waals surface area contributed by atoms with Gasteiger partial charge in [0.05, 0.1) is 0 Å². The molecule has 0 atom stereocenters. The van der Waals surface area contributed by atoms with Crippen LogP contribution in [-0.4, -0.2) is 0 Å². The predicted molar refractivity (Wildman–Crippen MR) is 59.4 cm³/mol. The first-order chi connectivity index (χ1) is 6.29. The van der Waals surface area contributed by atoms with Gasteiger partial charge < -0.3 is 0 Å². The molecule has 0 aliphatic carbocycles. The van der Waals surface area contributed by atoms with Crippen molar-refractivity contribution in [1.29, 1.82) is 0 Å². The molecule has 1 aromatic rings. The minimum absolute atomic E-state index is 0.938. The molecule has 0 saturated carbocycles. The fourth-order valence-corrected chi connectivity index (χ4v) is 1.86. The summed E-state index contributed by atoms with van der Waals surface area (Å²) >= 11 is 6.14. The number of halogens is 1. The topological polar surface area (TPSA) is 0 Å². The molecule has 1 rings (SSSR count). The Labute approximate surface area is 85.9 Å². The third-order valence-corrected chi connectivity index (χ3v) is 2.73. The first-order valence-corrected chi connectivity index (χ1v) is 5.43. The lowest BCUT2D eigenvalue weighted by Crippen LogP contribution is -1.93. The Kier molecular flexibility index (Phi) is 4.31. The zero-order valence-electron chi connectivity index (χ0n) is 8.44. The molecule has 0 N–H and O–H groups in total. The highest BCUT2D eigenvalue weighted by Crippen LogP contribution is 2.22. The van der Waals surface area contributed by atoms with E-state index < -0.39 is 0 Å². The van der Waals surface area contributed by atoms with Gasteiger partial charge in [-0.2, -0.15) is 0 Å². The van der Waals surface area contributed by atoms with Crippen LogP contribution in [0.25, 0.3) is 0 Å². The summed E-state index contributed by atoms with van der Waals surface area (Å²) < 4.78 is 0. The Bertz CT molecular complexity index is 266. The van der Waals surface area contributed by atoms with Crippen LogP contribution in [0.3, 0.4) is 0 Å². The summed E-state index contributed by atoms with van der Waals surface area (Å²) in [5, 5.41) is 0.938. The zero-order valence-corrected chi connectivity index (χ0v) is 9.19. The molecule has 0 aliphatic rings. The predicted octanol–water partition coefficient (Wildman–Crippen LogP) is 4.25. The Morgan fingerprint density at radius 2 is 2.00 bits per heavy atom. The molecule has 13 heavy (non-hydrogen) atoms. The van der Waals surface area contributed by atoms with E-state index in [1.165, 1.54) is 24.0 Å². The van der Waals surface area contributed by atoms with Crippen molar-refractivity contribution in [2.75, 3.05) is 0 Å². The van der Waals surface area contributed by atoms with Crippen molar-refractivity contribution < 1.29 is 0 Å². The van der Waals surface area contributed by atoms with Crippen molar-refractivity contribution in [2.45, 2.75) is 39.5 Å². The lowest BCUT2D eigenvalue weighted by Gasteiger charge is -2.08. The van der Waals surface area contributed by atoms with Crippen molar-refractivity contribution in [3.63, 3.8) is 0 Å². The lowest BCUT2D eigenvalue weighted by atomic mass is 10.0. The van der Waals surface area contributed by atoms with Gasteiger partial charge >= 0.3 is 0 Å². The van der Waals surface area contributed by atoms with Gasteiger partial charge in [-0.1, -0.05) is 44.0 Å². The third-order valence-electron chi connectivity index (χ3n) is 2.38. The van der Waals surface area contributed by atoms with Crippen molar-refractivity contribution >= 4 is 11.6 Å². The van der Waals surface area contributed by atoms with E-state index in [1.807, 2.05) is 12.1 Å². The fraction of sp³-hybridized carbons (Fsp3) is 0.500. The van der Waals surface area contributed by atoms with E-state index >= 15 is 0 Å². The molecule has 0 amide bonds. The summed E-state index contributed by atoms with van der Waals surface area (Å²) in [5.41, 5.74) is 2.76. The van der Waals surface area contributed by atoms with E-state index in [2.05, 4.69) is 19.9 Å². The van der Waals surface area contributed by atoms with E-state index in [4.69, 9.17) is 11.6 Å². The van der Waals surface area contributed by atoms with Gasteiger partial charge in [-0.15, -0.1) is 0 Å². The van der Waals surface area contributed by atoms with E-state index in [0.717, 1.165) is 17.9 Å². The molecule has 0 saturated heterocycles. The summed E-state index contributed by atoms with van der Waals surface area (Å²) in [6, 6.07) is 6.21. The number of hydrogen-bond donors (Lipinski definition) is 0. The normalized spacial score (nSPS) is 10.4. The van der Waals surface area contributed by atoms with Gasteiger partial charge in [-0.05, 0) is 36.5 Å². The summed E-state index contributed by atoms with van der Waals surface area (Å²) in [7, 11) is 0. The van der Waals surface area contributed by atoms with Crippen LogP contribution in [0.1, 0.15) is 37.8 Å². The number of rotatable bonds is 4. The maximum absolute atomic E-state index is 6.14. The maximum Gasteiger partial charge on any atom is 0.0440 e. The van der Waals surface area contributed by atoms with Gasteiger partial charge in [0.2, 0.25) is 0 Å². The smallest absolute Gasteiger partial charge is 0.0440 e. The monoisotopic (exact) mass is 196 g/mol. The Morgan fingerprint density at radius 1 is 1.23 bits per heavy atom. The number of unbranched alkanes of at least 4 members (excludes halogenated alkanes) is 1. The van der Waals surface area contributed by atoms with Gasteiger partial charge in [0.1, 0.15) is 0 Å². The van der Waals surface area contributed by atoms with Gasteiger partial charge in [-0.25, -0.2) is 0 Å². The highest BCUT2D eigenvalue weighted by Gasteiger charge is 2.03. The lowest BCUT2D eigenvalue weighted by molar-refractivity contribution is 0.787. The maximum atomic E-state index is 6.14. The quantitative estimate of drug-likeness (QED) is 0.676. The Morgan fingerprint density at radius 3 is 2.62 bits per heavy atom. The molecular formula is C12H17Cl. The largest absolute Gasteiger partial charge is 0.0840 e. The second kappa shape index (κ2) is 5.29. The Balaban J connectivity index is 2.87. The molecule has 0 aromatic heterocycles. The number of hydrogen-bond acceptors (Lipinski definition) is 0. The van der Waals surface area contributed by atoms with Crippen molar-refractivity contribution in [2.24, 2.45) is 0 Å².